The molecule has 8 nitrogen and oxygen atoms in total. The Balaban J connectivity index is 1.42. The molecule has 8 heteroatoms. The van der Waals surface area contributed by atoms with Gasteiger partial charge in [-0.05, 0) is 34.0 Å². The van der Waals surface area contributed by atoms with Gasteiger partial charge in [-0.15, -0.1) is 5.10 Å². The molecular weight excluding hydrogens is 400 g/mol. The Labute approximate surface area is 185 Å². The monoisotopic (exact) mass is 422 g/mol. The summed E-state index contributed by atoms with van der Waals surface area (Å²) in [5.74, 6) is 2.28. The smallest absolute Gasteiger partial charge is 0.198 e. The van der Waals surface area contributed by atoms with Crippen LogP contribution < -0.4 is 0 Å². The van der Waals surface area contributed by atoms with Gasteiger partial charge in [0.05, 0.1) is 0 Å². The molecule has 0 spiro atoms. The lowest BCUT2D eigenvalue weighted by Crippen LogP contribution is -2.06. The molecule has 0 aliphatic rings. The molecule has 0 saturated heterocycles. The lowest BCUT2D eigenvalue weighted by atomic mass is 10.0. The predicted molar refractivity (Wildman–Crippen MR) is 121 cm³/mol. The van der Waals surface area contributed by atoms with E-state index in [0.717, 1.165) is 47.0 Å². The second kappa shape index (κ2) is 8.89. The normalized spacial score (nSPS) is 11.0. The van der Waals surface area contributed by atoms with Crippen LogP contribution in [0.25, 0.3) is 34.0 Å². The van der Waals surface area contributed by atoms with Gasteiger partial charge in [0.1, 0.15) is 11.5 Å². The van der Waals surface area contributed by atoms with E-state index in [0.29, 0.717) is 12.2 Å². The highest BCUT2D eigenvalue weighted by atomic mass is 15.5. The van der Waals surface area contributed by atoms with E-state index >= 15 is 0 Å². The standard InChI is InChI=1S/C24H22N8/c1-2-15-32-21(26-23(29-32)19-7-4-3-5-8-19)16-17-10-12-18(13-11-17)20-9-6-14-25-22(20)24-27-30-31-28-24/h3-14H,2,15-16H2,1H3,(H,27,28,30,31). The molecule has 0 atom stereocenters. The second-order valence-corrected chi connectivity index (χ2v) is 7.46. The molecular formula is C24H22N8. The van der Waals surface area contributed by atoms with Crippen molar-refractivity contribution in [1.82, 2.24) is 40.4 Å². The van der Waals surface area contributed by atoms with E-state index < -0.39 is 0 Å². The first-order valence-electron chi connectivity index (χ1n) is 10.6. The Hall–Kier alpha value is -4.20. The van der Waals surface area contributed by atoms with E-state index in [4.69, 9.17) is 10.1 Å². The van der Waals surface area contributed by atoms with Gasteiger partial charge >= 0.3 is 0 Å². The molecule has 0 aliphatic carbocycles. The van der Waals surface area contributed by atoms with Crippen LogP contribution in [0.15, 0.2) is 72.9 Å². The van der Waals surface area contributed by atoms with Gasteiger partial charge in [0.2, 0.25) is 0 Å². The molecule has 5 rings (SSSR count). The third-order valence-electron chi connectivity index (χ3n) is 5.22. The summed E-state index contributed by atoms with van der Waals surface area (Å²) in [7, 11) is 0. The summed E-state index contributed by atoms with van der Waals surface area (Å²) < 4.78 is 2.02. The summed E-state index contributed by atoms with van der Waals surface area (Å²) in [5, 5.41) is 18.9. The molecule has 0 fully saturated rings. The number of hydrogen-bond acceptors (Lipinski definition) is 6. The van der Waals surface area contributed by atoms with Gasteiger partial charge in [0.15, 0.2) is 11.6 Å². The average molecular weight is 422 g/mol. The maximum atomic E-state index is 4.84. The lowest BCUT2D eigenvalue weighted by Gasteiger charge is -2.08. The fourth-order valence-corrected chi connectivity index (χ4v) is 3.68. The largest absolute Gasteiger partial charge is 0.252 e. The number of aryl methyl sites for hydroxylation is 1. The van der Waals surface area contributed by atoms with Crippen molar-refractivity contribution in [3.8, 4) is 34.0 Å². The number of nitrogens with one attached hydrogen (secondary N) is 1. The fourth-order valence-electron chi connectivity index (χ4n) is 3.68. The molecule has 0 amide bonds. The van der Waals surface area contributed by atoms with Gasteiger partial charge in [-0.25, -0.2) is 14.8 Å². The summed E-state index contributed by atoms with van der Waals surface area (Å²) >= 11 is 0. The third-order valence-corrected chi connectivity index (χ3v) is 5.22. The van der Waals surface area contributed by atoms with Gasteiger partial charge in [-0.3, -0.25) is 4.98 Å². The number of hydrogen-bond donors (Lipinski definition) is 1. The third kappa shape index (κ3) is 4.02. The van der Waals surface area contributed by atoms with Crippen molar-refractivity contribution in [3.63, 3.8) is 0 Å². The Bertz CT molecular complexity index is 1290. The molecule has 2 aromatic carbocycles. The maximum absolute atomic E-state index is 4.84. The zero-order valence-electron chi connectivity index (χ0n) is 17.7. The van der Waals surface area contributed by atoms with Crippen molar-refractivity contribution in [2.75, 3.05) is 0 Å². The maximum Gasteiger partial charge on any atom is 0.198 e. The number of nitrogens with zero attached hydrogens (tertiary/aromatic N) is 7. The summed E-state index contributed by atoms with van der Waals surface area (Å²) in [4.78, 5) is 9.29. The van der Waals surface area contributed by atoms with Crippen molar-refractivity contribution < 1.29 is 0 Å². The minimum Gasteiger partial charge on any atom is -0.252 e. The fraction of sp³-hybridized carbons (Fsp3) is 0.167. The number of aromatic amines is 1. The van der Waals surface area contributed by atoms with E-state index in [9.17, 15) is 0 Å². The van der Waals surface area contributed by atoms with Crippen LogP contribution in [0.1, 0.15) is 24.7 Å². The molecule has 0 radical (unpaired) electrons. The highest BCUT2D eigenvalue weighted by molar-refractivity contribution is 5.77. The van der Waals surface area contributed by atoms with Crippen LogP contribution in [0, 0.1) is 0 Å². The van der Waals surface area contributed by atoms with Crippen molar-refractivity contribution >= 4 is 0 Å². The van der Waals surface area contributed by atoms with Crippen LogP contribution in [0.4, 0.5) is 0 Å². The first kappa shape index (κ1) is 19.7. The van der Waals surface area contributed by atoms with E-state index in [2.05, 4.69) is 56.8 Å². The van der Waals surface area contributed by atoms with Gasteiger partial charge in [0, 0.05) is 30.3 Å². The molecule has 0 bridgehead atoms. The van der Waals surface area contributed by atoms with Crippen LogP contribution >= 0.6 is 0 Å². The zero-order valence-corrected chi connectivity index (χ0v) is 17.7. The van der Waals surface area contributed by atoms with Crippen LogP contribution in [-0.4, -0.2) is 40.4 Å². The topological polar surface area (TPSA) is 98.1 Å². The second-order valence-electron chi connectivity index (χ2n) is 7.46. The molecule has 5 aromatic rings. The van der Waals surface area contributed by atoms with Crippen LogP contribution in [0.3, 0.4) is 0 Å². The molecule has 3 aromatic heterocycles. The molecule has 32 heavy (non-hydrogen) atoms. The number of pyridine rings is 1. The van der Waals surface area contributed by atoms with E-state index in [1.165, 1.54) is 5.56 Å². The lowest BCUT2D eigenvalue weighted by molar-refractivity contribution is 0.577. The molecule has 158 valence electrons. The molecule has 0 saturated carbocycles. The number of rotatable bonds is 7. The van der Waals surface area contributed by atoms with Crippen LogP contribution in [0.2, 0.25) is 0 Å². The minimum atomic E-state index is 0.547. The van der Waals surface area contributed by atoms with Crippen LogP contribution in [0.5, 0.6) is 0 Å². The van der Waals surface area contributed by atoms with E-state index in [1.807, 2.05) is 47.1 Å². The summed E-state index contributed by atoms with van der Waals surface area (Å²) in [6.45, 7) is 3.00. The number of benzene rings is 2. The number of H-pyrrole nitrogens is 1. The SMILES string of the molecule is CCCn1nc(-c2ccccc2)nc1Cc1ccc(-c2cccnc2-c2nnn[nH]2)cc1. The van der Waals surface area contributed by atoms with Gasteiger partial charge in [-0.2, -0.15) is 5.10 Å². The first-order chi connectivity index (χ1) is 15.8. The highest BCUT2D eigenvalue weighted by Gasteiger charge is 2.14. The summed E-state index contributed by atoms with van der Waals surface area (Å²) in [5.41, 5.74) is 4.95. The van der Waals surface area contributed by atoms with Crippen molar-refractivity contribution in [1.29, 1.82) is 0 Å². The number of tetrazole rings is 1. The Morgan fingerprint density at radius 3 is 2.50 bits per heavy atom. The van der Waals surface area contributed by atoms with Gasteiger partial charge in [0.25, 0.3) is 0 Å². The minimum absolute atomic E-state index is 0.547. The first-order valence-corrected chi connectivity index (χ1v) is 10.6. The molecule has 1 N–H and O–H groups in total. The van der Waals surface area contributed by atoms with Crippen LogP contribution in [-0.2, 0) is 13.0 Å². The van der Waals surface area contributed by atoms with Gasteiger partial charge < -0.3 is 0 Å². The van der Waals surface area contributed by atoms with Crippen molar-refractivity contribution in [2.24, 2.45) is 0 Å². The van der Waals surface area contributed by atoms with E-state index in [-0.39, 0.29) is 0 Å². The molecule has 0 aliphatic heterocycles. The predicted octanol–water partition coefficient (Wildman–Crippen LogP) is 4.19. The highest BCUT2D eigenvalue weighted by Crippen LogP contribution is 2.28. The summed E-state index contributed by atoms with van der Waals surface area (Å²) in [6.07, 6.45) is 3.45. The van der Waals surface area contributed by atoms with Gasteiger partial charge in [-0.1, -0.05) is 67.6 Å². The van der Waals surface area contributed by atoms with Crippen molar-refractivity contribution in [2.45, 2.75) is 26.3 Å². The zero-order chi connectivity index (χ0) is 21.8. The quantitative estimate of drug-likeness (QED) is 0.422. The van der Waals surface area contributed by atoms with Crippen molar-refractivity contribution in [3.05, 3.63) is 84.3 Å². The average Bonchev–Trinajstić information content (AvgIpc) is 3.51. The Kier molecular flexibility index (Phi) is 5.48. The van der Waals surface area contributed by atoms with E-state index in [1.54, 1.807) is 6.20 Å². The molecule has 0 unspecified atom stereocenters. The Morgan fingerprint density at radius 1 is 0.906 bits per heavy atom. The molecule has 3 heterocycles. The Morgan fingerprint density at radius 2 is 1.75 bits per heavy atom. The summed E-state index contributed by atoms with van der Waals surface area (Å²) in [6, 6.07) is 22.5. The number of aromatic nitrogens is 8.